The molecule has 2 fully saturated rings. The van der Waals surface area contributed by atoms with E-state index in [1.807, 2.05) is 20.8 Å². The Morgan fingerprint density at radius 2 is 1.83 bits per heavy atom. The van der Waals surface area contributed by atoms with Crippen LogP contribution in [0.2, 0.25) is 0 Å². The first-order chi connectivity index (χ1) is 10.5. The van der Waals surface area contributed by atoms with Gasteiger partial charge in [-0.1, -0.05) is 13.8 Å². The number of morpholine rings is 1. The van der Waals surface area contributed by atoms with Gasteiger partial charge in [-0.3, -0.25) is 9.80 Å². The van der Waals surface area contributed by atoms with E-state index < -0.39 is 11.6 Å². The SMILES string of the molecule is CC(C)(C)N(C(=O)O)[C@]1(C)CC[C@H](CN2CCOCC2)C1(C)C. The first-order valence-electron chi connectivity index (χ1n) is 8.83. The van der Waals surface area contributed by atoms with Gasteiger partial charge in [0.05, 0.1) is 13.2 Å². The molecule has 0 bridgehead atoms. The van der Waals surface area contributed by atoms with Gasteiger partial charge in [-0.2, -0.15) is 0 Å². The summed E-state index contributed by atoms with van der Waals surface area (Å²) >= 11 is 0. The van der Waals surface area contributed by atoms with E-state index in [1.54, 1.807) is 4.90 Å². The number of carbonyl (C=O) groups is 1. The quantitative estimate of drug-likeness (QED) is 0.864. The lowest BCUT2D eigenvalue weighted by atomic mass is 9.69. The van der Waals surface area contributed by atoms with Gasteiger partial charge < -0.3 is 9.84 Å². The number of ether oxygens (including phenoxy) is 1. The molecule has 2 rings (SSSR count). The summed E-state index contributed by atoms with van der Waals surface area (Å²) in [5.41, 5.74) is -0.795. The number of rotatable bonds is 3. The van der Waals surface area contributed by atoms with Crippen LogP contribution >= 0.6 is 0 Å². The average molecular weight is 326 g/mol. The number of amides is 1. The molecule has 0 unspecified atom stereocenters. The van der Waals surface area contributed by atoms with Crippen molar-refractivity contribution in [2.24, 2.45) is 11.3 Å². The molecule has 2 aliphatic rings. The number of carboxylic acid groups (broad SMARTS) is 1. The summed E-state index contributed by atoms with van der Waals surface area (Å²) < 4.78 is 5.44. The van der Waals surface area contributed by atoms with E-state index >= 15 is 0 Å². The Bertz CT molecular complexity index is 438. The Hall–Kier alpha value is -0.810. The molecule has 5 nitrogen and oxygen atoms in total. The van der Waals surface area contributed by atoms with E-state index in [1.165, 1.54) is 0 Å². The Labute approximate surface area is 141 Å². The third kappa shape index (κ3) is 3.36. The summed E-state index contributed by atoms with van der Waals surface area (Å²) in [5.74, 6) is 0.509. The molecule has 0 aromatic carbocycles. The van der Waals surface area contributed by atoms with Gasteiger partial charge >= 0.3 is 6.09 Å². The Morgan fingerprint density at radius 3 is 2.30 bits per heavy atom. The summed E-state index contributed by atoms with van der Waals surface area (Å²) in [4.78, 5) is 16.2. The molecule has 1 saturated carbocycles. The topological polar surface area (TPSA) is 53.0 Å². The zero-order valence-corrected chi connectivity index (χ0v) is 15.7. The molecular formula is C18H34N2O3. The minimum Gasteiger partial charge on any atom is -0.465 e. The maximum absolute atomic E-state index is 12.0. The molecule has 0 spiro atoms. The molecule has 1 amide bonds. The van der Waals surface area contributed by atoms with Gasteiger partial charge in [-0.15, -0.1) is 0 Å². The van der Waals surface area contributed by atoms with Crippen molar-refractivity contribution in [3.05, 3.63) is 0 Å². The maximum Gasteiger partial charge on any atom is 0.408 e. The summed E-state index contributed by atoms with van der Waals surface area (Å²) in [6, 6.07) is 0. The van der Waals surface area contributed by atoms with Crippen LogP contribution in [0.15, 0.2) is 0 Å². The van der Waals surface area contributed by atoms with E-state index in [-0.39, 0.29) is 11.0 Å². The Kier molecular flexibility index (Phi) is 5.03. The third-order valence-corrected chi connectivity index (χ3v) is 6.33. The van der Waals surface area contributed by atoms with Crippen LogP contribution in [-0.4, -0.2) is 64.9 Å². The van der Waals surface area contributed by atoms with Crippen molar-refractivity contribution >= 4 is 6.09 Å². The lowest BCUT2D eigenvalue weighted by Crippen LogP contribution is -2.63. The third-order valence-electron chi connectivity index (χ3n) is 6.33. The summed E-state index contributed by atoms with van der Waals surface area (Å²) in [6.45, 7) is 17.3. The molecule has 2 atom stereocenters. The number of hydrogen-bond acceptors (Lipinski definition) is 3. The molecule has 1 saturated heterocycles. The van der Waals surface area contributed by atoms with Crippen LogP contribution in [0.3, 0.4) is 0 Å². The highest BCUT2D eigenvalue weighted by Crippen LogP contribution is 2.54. The molecule has 23 heavy (non-hydrogen) atoms. The van der Waals surface area contributed by atoms with Gasteiger partial charge in [0.1, 0.15) is 0 Å². The van der Waals surface area contributed by atoms with E-state index in [9.17, 15) is 9.90 Å². The Morgan fingerprint density at radius 1 is 1.26 bits per heavy atom. The summed E-state index contributed by atoms with van der Waals surface area (Å²) in [5, 5.41) is 9.87. The van der Waals surface area contributed by atoms with Crippen LogP contribution in [0.5, 0.6) is 0 Å². The standard InChI is InChI=1S/C18H34N2O3/c1-16(2,3)20(15(21)22)18(6)8-7-14(17(18,4)5)13-19-9-11-23-12-10-19/h14H,7-13H2,1-6H3,(H,21,22)/t14-,18-/m1/s1. The lowest BCUT2D eigenvalue weighted by Gasteiger charge is -2.53. The maximum atomic E-state index is 12.0. The molecule has 134 valence electrons. The highest BCUT2D eigenvalue weighted by Gasteiger charge is 2.58. The number of hydrogen-bond donors (Lipinski definition) is 1. The summed E-state index contributed by atoms with van der Waals surface area (Å²) in [7, 11) is 0. The van der Waals surface area contributed by atoms with Gasteiger partial charge in [0, 0.05) is 30.7 Å². The monoisotopic (exact) mass is 326 g/mol. The van der Waals surface area contributed by atoms with Gasteiger partial charge in [-0.25, -0.2) is 4.79 Å². The summed E-state index contributed by atoms with van der Waals surface area (Å²) in [6.07, 6.45) is 1.21. The second-order valence-electron chi connectivity index (χ2n) is 8.93. The lowest BCUT2D eigenvalue weighted by molar-refractivity contribution is -0.0441. The van der Waals surface area contributed by atoms with Crippen LogP contribution in [0, 0.1) is 11.3 Å². The Balaban J connectivity index is 2.21. The van der Waals surface area contributed by atoms with Gasteiger partial charge in [0.2, 0.25) is 0 Å². The van der Waals surface area contributed by atoms with Gasteiger partial charge in [-0.05, 0) is 51.9 Å². The predicted molar refractivity (Wildman–Crippen MR) is 91.8 cm³/mol. The zero-order valence-electron chi connectivity index (χ0n) is 15.7. The van der Waals surface area contributed by atoms with Crippen LogP contribution < -0.4 is 0 Å². The smallest absolute Gasteiger partial charge is 0.408 e. The van der Waals surface area contributed by atoms with Crippen LogP contribution in [0.4, 0.5) is 4.79 Å². The van der Waals surface area contributed by atoms with Crippen molar-refractivity contribution < 1.29 is 14.6 Å². The molecule has 0 radical (unpaired) electrons. The van der Waals surface area contributed by atoms with Gasteiger partial charge in [0.15, 0.2) is 0 Å². The fourth-order valence-electron chi connectivity index (χ4n) is 4.63. The van der Waals surface area contributed by atoms with Gasteiger partial charge in [0.25, 0.3) is 0 Å². The molecule has 0 aromatic rings. The first kappa shape index (κ1) is 18.5. The van der Waals surface area contributed by atoms with Crippen molar-refractivity contribution in [3.8, 4) is 0 Å². The second-order valence-corrected chi connectivity index (χ2v) is 8.93. The fourth-order valence-corrected chi connectivity index (χ4v) is 4.63. The molecule has 5 heteroatoms. The average Bonchev–Trinajstić information content (AvgIpc) is 2.62. The largest absolute Gasteiger partial charge is 0.465 e. The highest BCUT2D eigenvalue weighted by molar-refractivity contribution is 5.67. The highest BCUT2D eigenvalue weighted by atomic mass is 16.5. The predicted octanol–water partition coefficient (Wildman–Crippen LogP) is 3.29. The van der Waals surface area contributed by atoms with Crippen molar-refractivity contribution in [1.29, 1.82) is 0 Å². The zero-order chi connectivity index (χ0) is 17.5. The molecule has 1 aliphatic carbocycles. The minimum absolute atomic E-state index is 0.0586. The molecule has 0 aromatic heterocycles. The molecule has 1 heterocycles. The second kappa shape index (κ2) is 6.25. The van der Waals surface area contributed by atoms with Crippen LogP contribution in [-0.2, 0) is 4.74 Å². The van der Waals surface area contributed by atoms with Crippen molar-refractivity contribution in [2.75, 3.05) is 32.8 Å². The number of nitrogens with zero attached hydrogens (tertiary/aromatic N) is 2. The van der Waals surface area contributed by atoms with E-state index in [2.05, 4.69) is 25.7 Å². The fraction of sp³-hybridized carbons (Fsp3) is 0.944. The molecule has 1 N–H and O–H groups in total. The van der Waals surface area contributed by atoms with Crippen molar-refractivity contribution in [1.82, 2.24) is 9.80 Å². The van der Waals surface area contributed by atoms with Crippen LogP contribution in [0.25, 0.3) is 0 Å². The molecular weight excluding hydrogens is 292 g/mol. The van der Waals surface area contributed by atoms with Crippen LogP contribution in [0.1, 0.15) is 54.4 Å². The van der Waals surface area contributed by atoms with E-state index in [4.69, 9.17) is 4.74 Å². The van der Waals surface area contributed by atoms with E-state index in [0.717, 1.165) is 45.7 Å². The first-order valence-corrected chi connectivity index (χ1v) is 8.83. The molecule has 1 aliphatic heterocycles. The van der Waals surface area contributed by atoms with Crippen molar-refractivity contribution in [2.45, 2.75) is 65.5 Å². The van der Waals surface area contributed by atoms with E-state index in [0.29, 0.717) is 5.92 Å². The minimum atomic E-state index is -0.805. The normalized spacial score (nSPS) is 32.0. The van der Waals surface area contributed by atoms with Crippen molar-refractivity contribution in [3.63, 3.8) is 0 Å².